The summed E-state index contributed by atoms with van der Waals surface area (Å²) in [4.78, 5) is 84.1. The van der Waals surface area contributed by atoms with Crippen molar-refractivity contribution in [2.24, 2.45) is 21.5 Å². The lowest BCUT2D eigenvalue weighted by Gasteiger charge is -2.15. The Morgan fingerprint density at radius 1 is 0.704 bits per heavy atom. The molecule has 0 aliphatic carbocycles. The summed E-state index contributed by atoms with van der Waals surface area (Å²) in [7, 11) is 0. The number of hydrogen-bond acceptors (Lipinski definition) is 17. The van der Waals surface area contributed by atoms with Crippen LogP contribution in [0.1, 0.15) is 41.7 Å². The Morgan fingerprint density at radius 2 is 1.11 bits per heavy atom. The minimum Gasteiger partial charge on any atom is -0.504 e. The molecule has 17 N–H and O–H groups in total. The highest BCUT2D eigenvalue weighted by Gasteiger charge is 2.42. The number of rotatable bonds is 11. The second-order valence-electron chi connectivity index (χ2n) is 9.95. The van der Waals surface area contributed by atoms with E-state index in [9.17, 15) is 42.3 Å². The molecule has 0 aliphatic rings. The minimum absolute atomic E-state index is 0.225. The molecule has 3 aromatic rings. The molecule has 288 valence electrons. The molecule has 0 fully saturated rings. The van der Waals surface area contributed by atoms with Gasteiger partial charge in [-0.2, -0.15) is 13.2 Å². The van der Waals surface area contributed by atoms with E-state index in [0.29, 0.717) is 0 Å². The summed E-state index contributed by atoms with van der Waals surface area (Å²) in [5, 5.41) is 18.8. The van der Waals surface area contributed by atoms with Crippen LogP contribution in [-0.2, 0) is 4.79 Å². The topological polar surface area (TPSA) is 395 Å². The molecule has 23 nitrogen and oxygen atoms in total. The Labute approximate surface area is 309 Å². The normalized spacial score (nSPS) is 11.7. The SMILES string of the molecule is NC(=NCCNC(=O)c1ccc(C(=O)NCCN=C(N)NC(=O)c2nc(Cl)c(N)nc2N)c(OC(=O)C(F)(F)F)c1O)NC(=O)c1nc(Cl)c(N)nc1N. The van der Waals surface area contributed by atoms with Crippen molar-refractivity contribution in [3.8, 4) is 11.5 Å². The van der Waals surface area contributed by atoms with E-state index in [1.54, 1.807) is 0 Å². The van der Waals surface area contributed by atoms with Crippen LogP contribution in [-0.4, -0.2) is 98.9 Å². The van der Waals surface area contributed by atoms with E-state index in [2.05, 4.69) is 55.9 Å². The van der Waals surface area contributed by atoms with Gasteiger partial charge in [-0.3, -0.25) is 39.8 Å². The van der Waals surface area contributed by atoms with Gasteiger partial charge in [0.05, 0.1) is 24.2 Å². The number of aromatic hydroxyl groups is 1. The monoisotopic (exact) mass is 802 g/mol. The number of anilines is 4. The first kappa shape index (κ1) is 41.5. The zero-order chi connectivity index (χ0) is 40.5. The molecule has 3 rings (SSSR count). The van der Waals surface area contributed by atoms with Crippen molar-refractivity contribution in [3.63, 3.8) is 0 Å². The van der Waals surface area contributed by atoms with Gasteiger partial charge in [0.15, 0.2) is 68.4 Å². The Hall–Kier alpha value is -6.96. The number of alkyl halides is 3. The molecule has 0 saturated carbocycles. The van der Waals surface area contributed by atoms with Crippen LogP contribution in [0.3, 0.4) is 0 Å². The second-order valence-corrected chi connectivity index (χ2v) is 10.7. The van der Waals surface area contributed by atoms with Crippen LogP contribution in [0.25, 0.3) is 0 Å². The maximum absolute atomic E-state index is 13.0. The number of carbonyl (C=O) groups excluding carboxylic acids is 5. The lowest BCUT2D eigenvalue weighted by atomic mass is 10.1. The number of carbonyl (C=O) groups is 5. The molecule has 0 unspecified atom stereocenters. The van der Waals surface area contributed by atoms with E-state index < -0.39 is 81.7 Å². The number of hydrogen-bond donors (Lipinski definition) is 11. The fraction of sp³-hybridized carbons (Fsp3) is 0.192. The average Bonchev–Trinajstić information content (AvgIpc) is 3.08. The number of phenolic OH excluding ortho intramolecular Hbond substituents is 1. The van der Waals surface area contributed by atoms with Crippen LogP contribution in [0.5, 0.6) is 11.5 Å². The molecule has 0 radical (unpaired) electrons. The highest BCUT2D eigenvalue weighted by molar-refractivity contribution is 6.32. The van der Waals surface area contributed by atoms with E-state index in [1.807, 2.05) is 0 Å². The number of nitrogens with zero attached hydrogens (tertiary/aromatic N) is 6. The summed E-state index contributed by atoms with van der Waals surface area (Å²) in [6, 6.07) is 1.63. The maximum atomic E-state index is 13.0. The third-order valence-corrected chi connectivity index (χ3v) is 6.69. The molecular weight excluding hydrogens is 776 g/mol. The van der Waals surface area contributed by atoms with Gasteiger partial charge in [0.25, 0.3) is 23.6 Å². The third kappa shape index (κ3) is 10.8. The van der Waals surface area contributed by atoms with Crippen molar-refractivity contribution in [3.05, 3.63) is 45.0 Å². The van der Waals surface area contributed by atoms with E-state index in [1.165, 1.54) is 0 Å². The second kappa shape index (κ2) is 17.5. The number of benzene rings is 1. The molecule has 0 atom stereocenters. The van der Waals surface area contributed by atoms with Crippen LogP contribution in [0.15, 0.2) is 22.1 Å². The van der Waals surface area contributed by atoms with Crippen LogP contribution >= 0.6 is 23.2 Å². The number of nitrogen functional groups attached to an aromatic ring is 4. The molecule has 4 amide bonds. The summed E-state index contributed by atoms with van der Waals surface area (Å²) < 4.78 is 43.4. The van der Waals surface area contributed by atoms with E-state index >= 15 is 0 Å². The number of phenols is 1. The molecule has 28 heteroatoms. The number of aliphatic imine (C=N–C) groups is 2. The summed E-state index contributed by atoms with van der Waals surface area (Å²) >= 11 is 11.5. The molecule has 1 aromatic carbocycles. The lowest BCUT2D eigenvalue weighted by Crippen LogP contribution is -2.38. The predicted molar refractivity (Wildman–Crippen MR) is 184 cm³/mol. The molecular formula is C26H27Cl2F3N16O7. The number of nitrogens with one attached hydrogen (secondary N) is 4. The highest BCUT2D eigenvalue weighted by atomic mass is 35.5. The number of halogens is 5. The maximum Gasteiger partial charge on any atom is 0.491 e. The van der Waals surface area contributed by atoms with Crippen LogP contribution in [0, 0.1) is 0 Å². The molecule has 0 saturated heterocycles. The summed E-state index contributed by atoms with van der Waals surface area (Å²) in [6.45, 7) is -1.34. The fourth-order valence-electron chi connectivity index (χ4n) is 3.72. The van der Waals surface area contributed by atoms with Gasteiger partial charge < -0.3 is 54.9 Å². The number of aromatic nitrogens is 4. The first-order valence-electron chi connectivity index (χ1n) is 14.3. The predicted octanol–water partition coefficient (Wildman–Crippen LogP) is -1.98. The number of guanidine groups is 2. The zero-order valence-corrected chi connectivity index (χ0v) is 28.4. The molecule has 0 bridgehead atoms. The van der Waals surface area contributed by atoms with Crippen molar-refractivity contribution < 1.29 is 47.0 Å². The zero-order valence-electron chi connectivity index (χ0n) is 26.9. The summed E-state index contributed by atoms with van der Waals surface area (Å²) in [5.74, 6) is -11.8. The Kier molecular flexibility index (Phi) is 13.4. The van der Waals surface area contributed by atoms with Crippen molar-refractivity contribution in [2.75, 3.05) is 49.1 Å². The number of amides is 4. The van der Waals surface area contributed by atoms with E-state index in [-0.39, 0.29) is 59.8 Å². The number of ether oxygens (including phenoxy) is 1. The molecule has 2 heterocycles. The van der Waals surface area contributed by atoms with E-state index in [0.717, 1.165) is 12.1 Å². The minimum atomic E-state index is -5.57. The van der Waals surface area contributed by atoms with Crippen molar-refractivity contribution >= 4 is 88.0 Å². The van der Waals surface area contributed by atoms with Crippen molar-refractivity contribution in [2.45, 2.75) is 6.18 Å². The summed E-state index contributed by atoms with van der Waals surface area (Å²) in [5.41, 5.74) is 31.0. The molecule has 2 aromatic heterocycles. The van der Waals surface area contributed by atoms with Gasteiger partial charge in [-0.05, 0) is 12.1 Å². The van der Waals surface area contributed by atoms with Crippen LogP contribution < -0.4 is 60.4 Å². The number of esters is 1. The van der Waals surface area contributed by atoms with Crippen molar-refractivity contribution in [1.29, 1.82) is 0 Å². The van der Waals surface area contributed by atoms with Gasteiger partial charge in [0.1, 0.15) is 0 Å². The lowest BCUT2D eigenvalue weighted by molar-refractivity contribution is -0.189. The van der Waals surface area contributed by atoms with Gasteiger partial charge >= 0.3 is 12.1 Å². The average molecular weight is 804 g/mol. The molecule has 0 aliphatic heterocycles. The van der Waals surface area contributed by atoms with E-state index in [4.69, 9.17) is 57.6 Å². The first-order chi connectivity index (χ1) is 25.2. The Balaban J connectivity index is 1.66. The highest BCUT2D eigenvalue weighted by Crippen LogP contribution is 2.35. The van der Waals surface area contributed by atoms with Gasteiger partial charge in [0, 0.05) is 13.1 Å². The molecule has 0 spiro atoms. The standard InChI is InChI=1S/C26H27Cl2F3N16O7/c27-13-17(34)44-15(32)9(42-13)21(51)46-24(36)40-5-3-38-19(49)7-1-2-8(12(11(7)48)54-23(53)26(29,30)31)20(50)39-4-6-41-25(37)47-22(52)10-16(33)45-18(35)14(28)43-10/h1-2,48H,3-6H2,(H,38,49)(H,39,50)(H4,32,34,44)(H4,33,35,45)(H3,36,40,46,51)(H3,37,41,47,52). The van der Waals surface area contributed by atoms with Crippen LogP contribution in [0.4, 0.5) is 36.4 Å². The van der Waals surface area contributed by atoms with Gasteiger partial charge in [-0.15, -0.1) is 0 Å². The van der Waals surface area contributed by atoms with Gasteiger partial charge in [-0.25, -0.2) is 24.7 Å². The molecule has 54 heavy (non-hydrogen) atoms. The third-order valence-electron chi connectivity index (χ3n) is 6.13. The van der Waals surface area contributed by atoms with Gasteiger partial charge in [-0.1, -0.05) is 23.2 Å². The van der Waals surface area contributed by atoms with Crippen LogP contribution in [0.2, 0.25) is 10.3 Å². The Bertz CT molecular complexity index is 2070. The van der Waals surface area contributed by atoms with Gasteiger partial charge in [0.2, 0.25) is 0 Å². The van der Waals surface area contributed by atoms with Crippen molar-refractivity contribution in [1.82, 2.24) is 41.2 Å². The number of nitrogens with two attached hydrogens (primary N) is 6. The first-order valence-corrected chi connectivity index (χ1v) is 15.1. The Morgan fingerprint density at radius 3 is 1.54 bits per heavy atom. The summed E-state index contributed by atoms with van der Waals surface area (Å²) in [6.07, 6.45) is -5.57. The smallest absolute Gasteiger partial charge is 0.491 e. The fourth-order valence-corrected chi connectivity index (χ4v) is 3.97. The quantitative estimate of drug-likeness (QED) is 0.0329. The largest absolute Gasteiger partial charge is 0.504 e.